The lowest BCUT2D eigenvalue weighted by Gasteiger charge is -2.12. The summed E-state index contributed by atoms with van der Waals surface area (Å²) in [6.07, 6.45) is 0. The number of carbonyl (C=O) groups is 1. The zero-order chi connectivity index (χ0) is 16.2. The van der Waals surface area contributed by atoms with Gasteiger partial charge in [0, 0.05) is 20.2 Å². The summed E-state index contributed by atoms with van der Waals surface area (Å²) in [5.41, 5.74) is 4.26. The molecule has 0 aliphatic heterocycles. The molecule has 0 aliphatic rings. The molecule has 0 unspecified atom stereocenters. The van der Waals surface area contributed by atoms with E-state index in [0.717, 1.165) is 10.2 Å². The van der Waals surface area contributed by atoms with E-state index in [1.165, 1.54) is 11.1 Å². The van der Waals surface area contributed by atoms with Gasteiger partial charge in [-0.1, -0.05) is 24.3 Å². The Morgan fingerprint density at radius 2 is 2.13 bits per heavy atom. The highest BCUT2D eigenvalue weighted by atomic mass is 32.1. The minimum atomic E-state index is -0.0564. The van der Waals surface area contributed by atoms with Crippen LogP contribution in [0.4, 0.5) is 0 Å². The summed E-state index contributed by atoms with van der Waals surface area (Å²) >= 11 is 1.66. The average Bonchev–Trinajstić information content (AvgIpc) is 3.12. The van der Waals surface area contributed by atoms with Crippen LogP contribution in [0, 0.1) is 6.92 Å². The van der Waals surface area contributed by atoms with Crippen LogP contribution in [0.3, 0.4) is 0 Å². The predicted molar refractivity (Wildman–Crippen MR) is 94.3 cm³/mol. The van der Waals surface area contributed by atoms with Crippen molar-refractivity contribution < 1.29 is 9.53 Å². The first-order valence-electron chi connectivity index (χ1n) is 7.59. The molecular formula is C18H20N2O2S. The third-order valence-electron chi connectivity index (χ3n) is 3.94. The van der Waals surface area contributed by atoms with Crippen LogP contribution in [0.5, 0.6) is 0 Å². The van der Waals surface area contributed by atoms with E-state index >= 15 is 0 Å². The van der Waals surface area contributed by atoms with Crippen molar-refractivity contribution in [2.75, 3.05) is 20.3 Å². The van der Waals surface area contributed by atoms with Gasteiger partial charge in [0.05, 0.1) is 16.8 Å². The number of nitrogens with zero attached hydrogens (tertiary/aromatic N) is 1. The first-order chi connectivity index (χ1) is 11.2. The summed E-state index contributed by atoms with van der Waals surface area (Å²) in [5.74, 6) is -0.0564. The number of methoxy groups -OCH3 is 1. The van der Waals surface area contributed by atoms with Crippen LogP contribution in [0.25, 0.3) is 10.2 Å². The van der Waals surface area contributed by atoms with Crippen LogP contribution in [-0.4, -0.2) is 30.7 Å². The molecule has 3 rings (SSSR count). The summed E-state index contributed by atoms with van der Waals surface area (Å²) in [6, 6.07) is 12.3. The van der Waals surface area contributed by atoms with Crippen molar-refractivity contribution in [3.05, 3.63) is 58.6 Å². The van der Waals surface area contributed by atoms with E-state index in [1.807, 2.05) is 18.2 Å². The number of carbonyl (C=O) groups excluding carboxylic acids is 1. The average molecular weight is 328 g/mol. The molecule has 0 saturated heterocycles. The highest BCUT2D eigenvalue weighted by molar-refractivity contribution is 7.17. The number of hydrogen-bond acceptors (Lipinski definition) is 3. The largest absolute Gasteiger partial charge is 0.383 e. The number of hydrogen-bond donors (Lipinski definition) is 1. The van der Waals surface area contributed by atoms with Crippen LogP contribution in [-0.2, 0) is 11.3 Å². The van der Waals surface area contributed by atoms with Crippen molar-refractivity contribution in [2.45, 2.75) is 13.5 Å². The van der Waals surface area contributed by atoms with Crippen molar-refractivity contribution >= 4 is 27.5 Å². The summed E-state index contributed by atoms with van der Waals surface area (Å²) in [7, 11) is 1.63. The monoisotopic (exact) mass is 328 g/mol. The van der Waals surface area contributed by atoms with Crippen molar-refractivity contribution in [1.29, 1.82) is 0 Å². The van der Waals surface area contributed by atoms with Gasteiger partial charge in [-0.25, -0.2) is 0 Å². The van der Waals surface area contributed by atoms with Crippen molar-refractivity contribution in [3.63, 3.8) is 0 Å². The molecule has 0 fully saturated rings. The summed E-state index contributed by atoms with van der Waals surface area (Å²) in [5, 5.41) is 4.97. The van der Waals surface area contributed by atoms with E-state index < -0.39 is 0 Å². The van der Waals surface area contributed by atoms with Gasteiger partial charge in [0.2, 0.25) is 0 Å². The number of rotatable bonds is 6. The lowest BCUT2D eigenvalue weighted by Crippen LogP contribution is -2.29. The fraction of sp³-hybridized carbons (Fsp3) is 0.278. The summed E-state index contributed by atoms with van der Waals surface area (Å²) < 4.78 is 8.22. The topological polar surface area (TPSA) is 43.3 Å². The summed E-state index contributed by atoms with van der Waals surface area (Å²) in [4.78, 5) is 12.5. The molecule has 0 aliphatic carbocycles. The highest BCUT2D eigenvalue weighted by Gasteiger charge is 2.16. The Morgan fingerprint density at radius 1 is 1.30 bits per heavy atom. The van der Waals surface area contributed by atoms with Gasteiger partial charge in [0.25, 0.3) is 5.91 Å². The van der Waals surface area contributed by atoms with E-state index in [4.69, 9.17) is 4.74 Å². The molecule has 23 heavy (non-hydrogen) atoms. The number of benzene rings is 1. The Morgan fingerprint density at radius 3 is 2.91 bits per heavy atom. The molecule has 5 heteroatoms. The maximum atomic E-state index is 12.5. The van der Waals surface area contributed by atoms with Crippen LogP contribution in [0.15, 0.2) is 41.8 Å². The number of aromatic nitrogens is 1. The molecule has 0 spiro atoms. The molecule has 0 atom stereocenters. The van der Waals surface area contributed by atoms with Gasteiger partial charge in [-0.15, -0.1) is 11.3 Å². The quantitative estimate of drug-likeness (QED) is 0.705. The van der Waals surface area contributed by atoms with Crippen LogP contribution in [0.1, 0.15) is 21.6 Å². The molecule has 1 aromatic carbocycles. The van der Waals surface area contributed by atoms with Gasteiger partial charge in [-0.2, -0.15) is 0 Å². The summed E-state index contributed by atoms with van der Waals surface area (Å²) in [6.45, 7) is 3.82. The van der Waals surface area contributed by atoms with Gasteiger partial charge in [0.1, 0.15) is 5.69 Å². The fourth-order valence-electron chi connectivity index (χ4n) is 2.65. The van der Waals surface area contributed by atoms with Gasteiger partial charge >= 0.3 is 0 Å². The molecule has 4 nitrogen and oxygen atoms in total. The highest BCUT2D eigenvalue weighted by Crippen LogP contribution is 2.26. The normalized spacial score (nSPS) is 11.0. The Hall–Kier alpha value is -2.11. The predicted octanol–water partition coefficient (Wildman–Crippen LogP) is 3.44. The molecule has 1 amide bonds. The van der Waals surface area contributed by atoms with Crippen LogP contribution >= 0.6 is 11.3 Å². The molecule has 2 aromatic heterocycles. The minimum absolute atomic E-state index is 0.0564. The standard InChI is InChI=1S/C18H20N2O2S/c1-13-5-3-4-6-14(13)12-20-15-7-10-23-17(15)11-16(20)18(21)19-8-9-22-2/h3-7,10-11H,8-9,12H2,1-2H3,(H,19,21). The van der Waals surface area contributed by atoms with E-state index in [1.54, 1.807) is 18.4 Å². The second-order valence-corrected chi connectivity index (χ2v) is 6.41. The zero-order valence-corrected chi connectivity index (χ0v) is 14.2. The number of aryl methyl sites for hydroxylation is 1. The second kappa shape index (κ2) is 6.98. The van der Waals surface area contributed by atoms with Gasteiger partial charge in [0.15, 0.2) is 0 Å². The van der Waals surface area contributed by atoms with Gasteiger partial charge in [-0.3, -0.25) is 4.79 Å². The van der Waals surface area contributed by atoms with E-state index in [2.05, 4.69) is 40.4 Å². The minimum Gasteiger partial charge on any atom is -0.383 e. The number of nitrogens with one attached hydrogen (secondary N) is 1. The van der Waals surface area contributed by atoms with Crippen molar-refractivity contribution in [3.8, 4) is 0 Å². The van der Waals surface area contributed by atoms with E-state index in [9.17, 15) is 4.79 Å². The molecule has 3 aromatic rings. The van der Waals surface area contributed by atoms with Crippen molar-refractivity contribution in [1.82, 2.24) is 9.88 Å². The maximum absolute atomic E-state index is 12.5. The molecule has 0 saturated carbocycles. The Bertz CT molecular complexity index is 819. The molecule has 0 bridgehead atoms. The first-order valence-corrected chi connectivity index (χ1v) is 8.47. The number of thiophene rings is 1. The van der Waals surface area contributed by atoms with Crippen molar-refractivity contribution in [2.24, 2.45) is 0 Å². The fourth-order valence-corrected chi connectivity index (χ4v) is 3.47. The third-order valence-corrected chi connectivity index (χ3v) is 4.79. The SMILES string of the molecule is COCCNC(=O)c1cc2sccc2n1Cc1ccccc1C. The number of amides is 1. The van der Waals surface area contributed by atoms with E-state index in [0.29, 0.717) is 25.4 Å². The molecule has 1 N–H and O–H groups in total. The molecule has 0 radical (unpaired) electrons. The zero-order valence-electron chi connectivity index (χ0n) is 13.3. The number of ether oxygens (including phenoxy) is 1. The molecule has 120 valence electrons. The molecular weight excluding hydrogens is 308 g/mol. The Balaban J connectivity index is 1.94. The smallest absolute Gasteiger partial charge is 0.268 e. The van der Waals surface area contributed by atoms with Crippen LogP contribution in [0.2, 0.25) is 0 Å². The van der Waals surface area contributed by atoms with Crippen LogP contribution < -0.4 is 5.32 Å². The molecule has 2 heterocycles. The lowest BCUT2D eigenvalue weighted by atomic mass is 10.1. The van der Waals surface area contributed by atoms with Gasteiger partial charge in [-0.05, 0) is 35.6 Å². The van der Waals surface area contributed by atoms with Gasteiger partial charge < -0.3 is 14.6 Å². The third kappa shape index (κ3) is 3.30. The lowest BCUT2D eigenvalue weighted by molar-refractivity contribution is 0.0928. The number of fused-ring (bicyclic) bond motifs is 1. The Kier molecular flexibility index (Phi) is 4.79. The second-order valence-electron chi connectivity index (χ2n) is 5.46. The van der Waals surface area contributed by atoms with E-state index in [-0.39, 0.29) is 5.91 Å². The Labute approximate surface area is 139 Å². The maximum Gasteiger partial charge on any atom is 0.268 e. The first kappa shape index (κ1) is 15.8.